The van der Waals surface area contributed by atoms with Crippen molar-refractivity contribution in [3.8, 4) is 11.8 Å². The fraction of sp³-hybridized carbons (Fsp3) is 0.176. The van der Waals surface area contributed by atoms with E-state index in [0.717, 1.165) is 16.7 Å². The number of benzene rings is 1. The molecule has 2 aromatic rings. The van der Waals surface area contributed by atoms with E-state index in [2.05, 4.69) is 22.1 Å². The minimum absolute atomic E-state index is 0.158. The number of carbonyl (C=O) groups excluding carboxylic acids is 1. The topological polar surface area (TPSA) is 62.2 Å². The highest BCUT2D eigenvalue weighted by Gasteiger charge is 2.07. The Labute approximate surface area is 123 Å². The van der Waals surface area contributed by atoms with Crippen LogP contribution in [0.3, 0.4) is 0 Å². The van der Waals surface area contributed by atoms with E-state index >= 15 is 0 Å². The van der Waals surface area contributed by atoms with Gasteiger partial charge in [-0.25, -0.2) is 0 Å². The van der Waals surface area contributed by atoms with Crippen molar-refractivity contribution in [1.29, 1.82) is 0 Å². The molecule has 1 aromatic carbocycles. The Bertz CT molecular complexity index is 685. The lowest BCUT2D eigenvalue weighted by atomic mass is 10.1. The number of nitrogens with one attached hydrogen (secondary N) is 1. The summed E-state index contributed by atoms with van der Waals surface area (Å²) < 4.78 is 0. The summed E-state index contributed by atoms with van der Waals surface area (Å²) in [6, 6.07) is 9.13. The van der Waals surface area contributed by atoms with Crippen LogP contribution in [0.5, 0.6) is 0 Å². The SMILES string of the molecule is Cc1cc(C#CCO)cc(C(=O)NCc2cccnc2)c1. The van der Waals surface area contributed by atoms with Gasteiger partial charge in [0.15, 0.2) is 0 Å². The van der Waals surface area contributed by atoms with Gasteiger partial charge >= 0.3 is 0 Å². The number of hydrogen-bond donors (Lipinski definition) is 2. The zero-order chi connectivity index (χ0) is 15.1. The molecule has 21 heavy (non-hydrogen) atoms. The second-order valence-electron chi connectivity index (χ2n) is 4.59. The van der Waals surface area contributed by atoms with Crippen LogP contribution in [0.25, 0.3) is 0 Å². The van der Waals surface area contributed by atoms with E-state index in [0.29, 0.717) is 12.1 Å². The van der Waals surface area contributed by atoms with E-state index < -0.39 is 0 Å². The molecule has 4 nitrogen and oxygen atoms in total. The van der Waals surface area contributed by atoms with Gasteiger partial charge < -0.3 is 10.4 Å². The van der Waals surface area contributed by atoms with Gasteiger partial charge in [-0.1, -0.05) is 17.9 Å². The number of rotatable bonds is 3. The van der Waals surface area contributed by atoms with Crippen molar-refractivity contribution in [2.24, 2.45) is 0 Å². The Kier molecular flexibility index (Phi) is 5.08. The highest BCUT2D eigenvalue weighted by molar-refractivity contribution is 5.94. The average Bonchev–Trinajstić information content (AvgIpc) is 2.51. The number of hydrogen-bond acceptors (Lipinski definition) is 3. The third-order valence-corrected chi connectivity index (χ3v) is 2.83. The molecule has 0 fully saturated rings. The van der Waals surface area contributed by atoms with E-state index in [9.17, 15) is 4.79 Å². The third-order valence-electron chi connectivity index (χ3n) is 2.83. The van der Waals surface area contributed by atoms with Crippen LogP contribution in [0.4, 0.5) is 0 Å². The Balaban J connectivity index is 2.10. The van der Waals surface area contributed by atoms with E-state index in [1.807, 2.05) is 31.2 Å². The van der Waals surface area contributed by atoms with E-state index in [1.54, 1.807) is 18.5 Å². The Morgan fingerprint density at radius 1 is 1.38 bits per heavy atom. The van der Waals surface area contributed by atoms with Crippen LogP contribution in [0, 0.1) is 18.8 Å². The first kappa shape index (κ1) is 14.8. The molecule has 2 rings (SSSR count). The van der Waals surface area contributed by atoms with E-state index in [-0.39, 0.29) is 12.5 Å². The molecule has 0 unspecified atom stereocenters. The lowest BCUT2D eigenvalue weighted by Crippen LogP contribution is -2.23. The minimum Gasteiger partial charge on any atom is -0.384 e. The predicted octanol–water partition coefficient (Wildman–Crippen LogP) is 1.66. The molecule has 0 saturated carbocycles. The summed E-state index contributed by atoms with van der Waals surface area (Å²) in [6.07, 6.45) is 3.41. The number of aliphatic hydroxyl groups excluding tert-OH is 1. The van der Waals surface area contributed by atoms with E-state index in [4.69, 9.17) is 5.11 Å². The summed E-state index contributed by atoms with van der Waals surface area (Å²) in [5.41, 5.74) is 3.17. The molecule has 2 N–H and O–H groups in total. The first-order valence-corrected chi connectivity index (χ1v) is 6.57. The van der Waals surface area contributed by atoms with E-state index in [1.165, 1.54) is 0 Å². The quantitative estimate of drug-likeness (QED) is 0.841. The van der Waals surface area contributed by atoms with Gasteiger partial charge in [0.2, 0.25) is 0 Å². The predicted molar refractivity (Wildman–Crippen MR) is 80.6 cm³/mol. The number of aryl methyl sites for hydroxylation is 1. The maximum Gasteiger partial charge on any atom is 0.251 e. The van der Waals surface area contributed by atoms with Gasteiger partial charge in [-0.15, -0.1) is 0 Å². The number of pyridine rings is 1. The molecule has 1 aromatic heterocycles. The maximum absolute atomic E-state index is 12.2. The van der Waals surface area contributed by atoms with Crippen LogP contribution in [0.15, 0.2) is 42.7 Å². The monoisotopic (exact) mass is 280 g/mol. The van der Waals surface area contributed by atoms with Crippen molar-refractivity contribution in [2.75, 3.05) is 6.61 Å². The summed E-state index contributed by atoms with van der Waals surface area (Å²) in [6.45, 7) is 2.14. The summed E-state index contributed by atoms with van der Waals surface area (Å²) in [5.74, 6) is 5.24. The van der Waals surface area contributed by atoms with Crippen molar-refractivity contribution in [1.82, 2.24) is 10.3 Å². The van der Waals surface area contributed by atoms with Crippen molar-refractivity contribution in [3.63, 3.8) is 0 Å². The molecule has 0 bridgehead atoms. The number of carbonyl (C=O) groups is 1. The molecule has 106 valence electrons. The van der Waals surface area contributed by atoms with Crippen molar-refractivity contribution < 1.29 is 9.90 Å². The first-order valence-electron chi connectivity index (χ1n) is 6.57. The summed E-state index contributed by atoms with van der Waals surface area (Å²) >= 11 is 0. The molecule has 0 atom stereocenters. The molecule has 0 spiro atoms. The molecular formula is C17H16N2O2. The highest BCUT2D eigenvalue weighted by Crippen LogP contribution is 2.09. The normalized spacial score (nSPS) is 9.62. The van der Waals surface area contributed by atoms with Gasteiger partial charge in [-0.2, -0.15) is 0 Å². The van der Waals surface area contributed by atoms with Gasteiger partial charge in [0.25, 0.3) is 5.91 Å². The molecule has 1 heterocycles. The van der Waals surface area contributed by atoms with Crippen LogP contribution in [-0.4, -0.2) is 22.6 Å². The summed E-state index contributed by atoms with van der Waals surface area (Å²) in [7, 11) is 0. The molecule has 0 aliphatic heterocycles. The number of aliphatic hydroxyl groups is 1. The van der Waals surface area contributed by atoms with Gasteiger partial charge in [0, 0.05) is 30.1 Å². The first-order chi connectivity index (χ1) is 10.2. The Morgan fingerprint density at radius 2 is 2.24 bits per heavy atom. The van der Waals surface area contributed by atoms with Gasteiger partial charge in [-0.3, -0.25) is 9.78 Å². The lowest BCUT2D eigenvalue weighted by Gasteiger charge is -2.06. The number of aromatic nitrogens is 1. The lowest BCUT2D eigenvalue weighted by molar-refractivity contribution is 0.0950. The van der Waals surface area contributed by atoms with Crippen molar-refractivity contribution in [3.05, 3.63) is 65.0 Å². The van der Waals surface area contributed by atoms with Crippen molar-refractivity contribution >= 4 is 5.91 Å². The number of amides is 1. The molecule has 0 radical (unpaired) electrons. The second-order valence-corrected chi connectivity index (χ2v) is 4.59. The van der Waals surface area contributed by atoms with Crippen LogP contribution in [0.1, 0.15) is 27.0 Å². The molecule has 0 aliphatic carbocycles. The third kappa shape index (κ3) is 4.44. The Morgan fingerprint density at radius 3 is 2.95 bits per heavy atom. The van der Waals surface area contributed by atoms with Crippen LogP contribution < -0.4 is 5.32 Å². The van der Waals surface area contributed by atoms with Gasteiger partial charge in [-0.05, 0) is 42.3 Å². The average molecular weight is 280 g/mol. The largest absolute Gasteiger partial charge is 0.384 e. The zero-order valence-electron chi connectivity index (χ0n) is 11.8. The molecule has 0 aliphatic rings. The maximum atomic E-state index is 12.2. The highest BCUT2D eigenvalue weighted by atomic mass is 16.2. The molecule has 0 saturated heterocycles. The fourth-order valence-corrected chi connectivity index (χ4v) is 1.92. The molecular weight excluding hydrogens is 264 g/mol. The smallest absolute Gasteiger partial charge is 0.251 e. The second kappa shape index (κ2) is 7.22. The minimum atomic E-state index is -0.198. The van der Waals surface area contributed by atoms with Crippen LogP contribution >= 0.6 is 0 Å². The molecule has 1 amide bonds. The van der Waals surface area contributed by atoms with Crippen LogP contribution in [-0.2, 0) is 6.54 Å². The zero-order valence-corrected chi connectivity index (χ0v) is 11.8. The Hall–Kier alpha value is -2.64. The summed E-state index contributed by atoms with van der Waals surface area (Å²) in [5, 5.41) is 11.6. The van der Waals surface area contributed by atoms with Crippen LogP contribution in [0.2, 0.25) is 0 Å². The fourth-order valence-electron chi connectivity index (χ4n) is 1.92. The summed E-state index contributed by atoms with van der Waals surface area (Å²) in [4.78, 5) is 16.2. The van der Waals surface area contributed by atoms with Gasteiger partial charge in [0.1, 0.15) is 6.61 Å². The van der Waals surface area contributed by atoms with Gasteiger partial charge in [0.05, 0.1) is 0 Å². The van der Waals surface area contributed by atoms with Crippen molar-refractivity contribution in [2.45, 2.75) is 13.5 Å². The molecule has 4 heteroatoms. The standard InChI is InChI=1S/C17H16N2O2/c1-13-8-14(5-3-7-20)10-16(9-13)17(21)19-12-15-4-2-6-18-11-15/h2,4,6,8-11,20H,7,12H2,1H3,(H,19,21). The number of nitrogens with zero attached hydrogens (tertiary/aromatic N) is 1.